The van der Waals surface area contributed by atoms with Crippen molar-refractivity contribution < 1.29 is 8.78 Å². The van der Waals surface area contributed by atoms with Crippen LogP contribution in [0.15, 0.2) is 30.6 Å². The van der Waals surface area contributed by atoms with Crippen LogP contribution in [0.5, 0.6) is 0 Å². The summed E-state index contributed by atoms with van der Waals surface area (Å²) in [5, 5.41) is 0. The first-order valence-corrected chi connectivity index (χ1v) is 10.9. The summed E-state index contributed by atoms with van der Waals surface area (Å²) in [6.07, 6.45) is 18.2. The second-order valence-electron chi connectivity index (χ2n) is 8.33. The monoisotopic (exact) mass is 386 g/mol. The standard InChI is InChI=1S/C24H32F2N2/c1-2-3-4-5-7-18-8-6-9-19(14-18)10-11-20-16-27-24(28-17-20)21-12-13-22(25)23(26)15-21/h12-13,15-19H,2-11,14H2,1H3. The number of hydrogen-bond acceptors (Lipinski definition) is 2. The summed E-state index contributed by atoms with van der Waals surface area (Å²) >= 11 is 0. The molecule has 0 aliphatic heterocycles. The molecule has 0 N–H and O–H groups in total. The van der Waals surface area contributed by atoms with Gasteiger partial charge < -0.3 is 0 Å². The van der Waals surface area contributed by atoms with Crippen LogP contribution in [-0.2, 0) is 6.42 Å². The van der Waals surface area contributed by atoms with Gasteiger partial charge in [0.05, 0.1) is 0 Å². The quantitative estimate of drug-likeness (QED) is 0.428. The van der Waals surface area contributed by atoms with E-state index in [4.69, 9.17) is 0 Å². The van der Waals surface area contributed by atoms with Crippen molar-refractivity contribution in [3.63, 3.8) is 0 Å². The number of unbranched alkanes of at least 4 members (excludes halogenated alkanes) is 3. The van der Waals surface area contributed by atoms with Crippen molar-refractivity contribution in [3.05, 3.63) is 47.8 Å². The fourth-order valence-corrected chi connectivity index (χ4v) is 4.43. The first kappa shape index (κ1) is 20.9. The highest BCUT2D eigenvalue weighted by Crippen LogP contribution is 2.34. The van der Waals surface area contributed by atoms with Crippen LogP contribution in [0.3, 0.4) is 0 Å². The Balaban J connectivity index is 1.47. The van der Waals surface area contributed by atoms with Crippen LogP contribution in [-0.4, -0.2) is 9.97 Å². The van der Waals surface area contributed by atoms with Gasteiger partial charge >= 0.3 is 0 Å². The van der Waals surface area contributed by atoms with Gasteiger partial charge in [-0.15, -0.1) is 0 Å². The van der Waals surface area contributed by atoms with E-state index in [-0.39, 0.29) is 0 Å². The third kappa shape index (κ3) is 6.08. The van der Waals surface area contributed by atoms with E-state index >= 15 is 0 Å². The molecule has 0 radical (unpaired) electrons. The minimum Gasteiger partial charge on any atom is -0.236 e. The maximum Gasteiger partial charge on any atom is 0.159 e. The predicted molar refractivity (Wildman–Crippen MR) is 110 cm³/mol. The van der Waals surface area contributed by atoms with Crippen molar-refractivity contribution in [2.75, 3.05) is 0 Å². The molecule has 4 heteroatoms. The maximum atomic E-state index is 13.4. The third-order valence-corrected chi connectivity index (χ3v) is 6.08. The van der Waals surface area contributed by atoms with Crippen LogP contribution < -0.4 is 0 Å². The molecular formula is C24H32F2N2. The second-order valence-corrected chi connectivity index (χ2v) is 8.33. The molecule has 2 aromatic rings. The molecule has 1 heterocycles. The highest BCUT2D eigenvalue weighted by atomic mass is 19.2. The zero-order valence-corrected chi connectivity index (χ0v) is 17.0. The molecule has 0 spiro atoms. The van der Waals surface area contributed by atoms with Gasteiger partial charge in [0, 0.05) is 18.0 Å². The van der Waals surface area contributed by atoms with Crippen LogP contribution in [0.2, 0.25) is 0 Å². The summed E-state index contributed by atoms with van der Waals surface area (Å²) in [7, 11) is 0. The van der Waals surface area contributed by atoms with Crippen molar-refractivity contribution in [1.29, 1.82) is 0 Å². The molecular weight excluding hydrogens is 354 g/mol. The van der Waals surface area contributed by atoms with Crippen molar-refractivity contribution >= 4 is 0 Å². The van der Waals surface area contributed by atoms with Crippen molar-refractivity contribution in [3.8, 4) is 11.4 Å². The first-order valence-electron chi connectivity index (χ1n) is 10.9. The molecule has 3 rings (SSSR count). The van der Waals surface area contributed by atoms with E-state index in [1.54, 1.807) is 0 Å². The van der Waals surface area contributed by atoms with Crippen molar-refractivity contribution in [1.82, 2.24) is 9.97 Å². The van der Waals surface area contributed by atoms with Gasteiger partial charge in [-0.05, 0) is 54.9 Å². The van der Waals surface area contributed by atoms with Gasteiger partial charge in [-0.2, -0.15) is 0 Å². The van der Waals surface area contributed by atoms with E-state index in [9.17, 15) is 8.78 Å². The number of benzene rings is 1. The third-order valence-electron chi connectivity index (χ3n) is 6.08. The molecule has 1 aliphatic rings. The lowest BCUT2D eigenvalue weighted by molar-refractivity contribution is 0.239. The number of aromatic nitrogens is 2. The van der Waals surface area contributed by atoms with Gasteiger partial charge in [0.15, 0.2) is 17.5 Å². The molecule has 28 heavy (non-hydrogen) atoms. The molecule has 152 valence electrons. The lowest BCUT2D eigenvalue weighted by Crippen LogP contribution is -2.16. The summed E-state index contributed by atoms with van der Waals surface area (Å²) in [6.45, 7) is 2.27. The predicted octanol–water partition coefficient (Wildman–Crippen LogP) is 7.13. The Morgan fingerprint density at radius 3 is 2.39 bits per heavy atom. The molecule has 2 nitrogen and oxygen atoms in total. The average molecular weight is 387 g/mol. The first-order chi connectivity index (χ1) is 13.7. The van der Waals surface area contributed by atoms with Gasteiger partial charge in [0.25, 0.3) is 0 Å². The molecule has 0 saturated heterocycles. The summed E-state index contributed by atoms with van der Waals surface area (Å²) in [5.74, 6) is 0.453. The molecule has 1 saturated carbocycles. The molecule has 0 bridgehead atoms. The summed E-state index contributed by atoms with van der Waals surface area (Å²) in [4.78, 5) is 8.71. The molecule has 1 aromatic heterocycles. The Morgan fingerprint density at radius 1 is 0.929 bits per heavy atom. The van der Waals surface area contributed by atoms with Crippen LogP contribution in [0, 0.1) is 23.5 Å². The zero-order chi connectivity index (χ0) is 19.8. The molecule has 1 fully saturated rings. The molecule has 2 atom stereocenters. The molecule has 0 amide bonds. The fraction of sp³-hybridized carbons (Fsp3) is 0.583. The Labute approximate surface area is 167 Å². The topological polar surface area (TPSA) is 25.8 Å². The Bertz CT molecular complexity index is 730. The van der Waals surface area contributed by atoms with E-state index in [0.29, 0.717) is 11.4 Å². The lowest BCUT2D eigenvalue weighted by atomic mass is 9.77. The number of hydrogen-bond donors (Lipinski definition) is 0. The minimum absolute atomic E-state index is 0.437. The fourth-order valence-electron chi connectivity index (χ4n) is 4.43. The van der Waals surface area contributed by atoms with E-state index < -0.39 is 11.6 Å². The smallest absolute Gasteiger partial charge is 0.159 e. The van der Waals surface area contributed by atoms with Crippen LogP contribution >= 0.6 is 0 Å². The van der Waals surface area contributed by atoms with Gasteiger partial charge in [-0.3, -0.25) is 0 Å². The van der Waals surface area contributed by atoms with Crippen molar-refractivity contribution in [2.24, 2.45) is 11.8 Å². The summed E-state index contributed by atoms with van der Waals surface area (Å²) < 4.78 is 26.5. The normalized spacial score (nSPS) is 19.7. The average Bonchev–Trinajstić information content (AvgIpc) is 2.72. The lowest BCUT2D eigenvalue weighted by Gasteiger charge is -2.29. The van der Waals surface area contributed by atoms with Crippen molar-refractivity contribution in [2.45, 2.75) is 77.6 Å². The van der Waals surface area contributed by atoms with Gasteiger partial charge in [0.1, 0.15) is 0 Å². The van der Waals surface area contributed by atoms with Gasteiger partial charge in [0.2, 0.25) is 0 Å². The van der Waals surface area contributed by atoms with Gasteiger partial charge in [-0.1, -0.05) is 58.3 Å². The molecule has 1 aromatic carbocycles. The highest BCUT2D eigenvalue weighted by molar-refractivity contribution is 5.54. The molecule has 2 unspecified atom stereocenters. The van der Waals surface area contributed by atoms with E-state index in [1.807, 2.05) is 12.4 Å². The van der Waals surface area contributed by atoms with E-state index in [0.717, 1.165) is 36.0 Å². The Hall–Kier alpha value is -1.84. The minimum atomic E-state index is -0.869. The Morgan fingerprint density at radius 2 is 1.68 bits per heavy atom. The number of nitrogens with zero attached hydrogens (tertiary/aromatic N) is 2. The van der Waals surface area contributed by atoms with Gasteiger partial charge in [-0.25, -0.2) is 18.7 Å². The second kappa shape index (κ2) is 10.6. The summed E-state index contributed by atoms with van der Waals surface area (Å²) in [5.41, 5.74) is 1.63. The SMILES string of the molecule is CCCCCCC1CCCC(CCc2cnc(-c3ccc(F)c(F)c3)nc2)C1. The van der Waals surface area contributed by atoms with Crippen LogP contribution in [0.25, 0.3) is 11.4 Å². The van der Waals surface area contributed by atoms with E-state index in [2.05, 4.69) is 16.9 Å². The highest BCUT2D eigenvalue weighted by Gasteiger charge is 2.21. The largest absolute Gasteiger partial charge is 0.236 e. The number of aryl methyl sites for hydroxylation is 1. The number of rotatable bonds is 9. The Kier molecular flexibility index (Phi) is 7.93. The zero-order valence-electron chi connectivity index (χ0n) is 17.0. The summed E-state index contributed by atoms with van der Waals surface area (Å²) in [6, 6.07) is 3.77. The van der Waals surface area contributed by atoms with E-state index in [1.165, 1.54) is 70.3 Å². The maximum absolute atomic E-state index is 13.4. The number of halogens is 2. The molecule has 1 aliphatic carbocycles. The van der Waals surface area contributed by atoms with Crippen LogP contribution in [0.1, 0.15) is 76.7 Å². The van der Waals surface area contributed by atoms with Crippen LogP contribution in [0.4, 0.5) is 8.78 Å².